The number of amides is 1. The molecular formula is C16H17NO4. The largest absolute Gasteiger partial charge is 0.466 e. The van der Waals surface area contributed by atoms with Crippen LogP contribution in [0.3, 0.4) is 0 Å². The van der Waals surface area contributed by atoms with Crippen LogP contribution in [0.1, 0.15) is 28.8 Å². The summed E-state index contributed by atoms with van der Waals surface area (Å²) in [5.41, 5.74) is 0.993. The molecule has 0 unspecified atom stereocenters. The number of esters is 1. The molecule has 0 aliphatic carbocycles. The van der Waals surface area contributed by atoms with E-state index in [9.17, 15) is 9.59 Å². The van der Waals surface area contributed by atoms with Gasteiger partial charge in [0, 0.05) is 5.69 Å². The lowest BCUT2D eigenvalue weighted by Gasteiger charge is -2.13. The first-order chi connectivity index (χ1) is 9.97. The van der Waals surface area contributed by atoms with E-state index in [1.54, 1.807) is 32.0 Å². The van der Waals surface area contributed by atoms with Crippen LogP contribution in [0.25, 0.3) is 0 Å². The highest BCUT2D eigenvalue weighted by molar-refractivity contribution is 5.97. The number of hydrogen-bond acceptors (Lipinski definition) is 4. The summed E-state index contributed by atoms with van der Waals surface area (Å²) in [4.78, 5) is 23.9. The van der Waals surface area contributed by atoms with Crippen molar-refractivity contribution in [1.29, 1.82) is 0 Å². The van der Waals surface area contributed by atoms with Crippen LogP contribution in [-0.2, 0) is 9.53 Å². The predicted octanol–water partition coefficient (Wildman–Crippen LogP) is 3.08. The maximum atomic E-state index is 12.0. The fraction of sp³-hybridized carbons (Fsp3) is 0.250. The standard InChI is InChI=1S/C16H17NO4/c1-10-9-14(11(2)20-10)16(19)21-12(3)15(18)17-13-7-5-4-6-8-13/h4-9,12H,1-3H3,(H,17,18)/t12-/m1/s1. The third kappa shape index (κ3) is 3.72. The Morgan fingerprint density at radius 1 is 1.19 bits per heavy atom. The topological polar surface area (TPSA) is 68.5 Å². The van der Waals surface area contributed by atoms with Crippen LogP contribution < -0.4 is 5.32 Å². The molecule has 0 radical (unpaired) electrons. The van der Waals surface area contributed by atoms with E-state index >= 15 is 0 Å². The van der Waals surface area contributed by atoms with Crippen LogP contribution in [0.5, 0.6) is 0 Å². The van der Waals surface area contributed by atoms with Gasteiger partial charge in [0.25, 0.3) is 5.91 Å². The molecule has 1 aromatic carbocycles. The van der Waals surface area contributed by atoms with E-state index in [-0.39, 0.29) is 5.91 Å². The summed E-state index contributed by atoms with van der Waals surface area (Å²) in [5.74, 6) is 0.154. The minimum absolute atomic E-state index is 0.340. The normalized spacial score (nSPS) is 11.8. The van der Waals surface area contributed by atoms with Crippen molar-refractivity contribution in [3.05, 3.63) is 53.5 Å². The lowest BCUT2D eigenvalue weighted by atomic mass is 10.2. The summed E-state index contributed by atoms with van der Waals surface area (Å²) in [6.07, 6.45) is -0.896. The highest BCUT2D eigenvalue weighted by atomic mass is 16.5. The lowest BCUT2D eigenvalue weighted by Crippen LogP contribution is -2.30. The van der Waals surface area contributed by atoms with E-state index in [1.165, 1.54) is 6.92 Å². The van der Waals surface area contributed by atoms with Crippen molar-refractivity contribution in [3.8, 4) is 0 Å². The van der Waals surface area contributed by atoms with Crippen LogP contribution >= 0.6 is 0 Å². The highest BCUT2D eigenvalue weighted by Crippen LogP contribution is 2.16. The summed E-state index contributed by atoms with van der Waals surface area (Å²) in [6.45, 7) is 4.95. The van der Waals surface area contributed by atoms with E-state index in [0.29, 0.717) is 22.8 Å². The molecule has 2 aromatic rings. The summed E-state index contributed by atoms with van der Waals surface area (Å²) < 4.78 is 10.4. The SMILES string of the molecule is Cc1cc(C(=O)O[C@H](C)C(=O)Nc2ccccc2)c(C)o1. The van der Waals surface area contributed by atoms with Crippen molar-refractivity contribution >= 4 is 17.6 Å². The van der Waals surface area contributed by atoms with Crippen molar-refractivity contribution in [2.75, 3.05) is 5.32 Å². The fourth-order valence-corrected chi connectivity index (χ4v) is 1.88. The molecule has 0 saturated heterocycles. The summed E-state index contributed by atoms with van der Waals surface area (Å²) in [5, 5.41) is 2.68. The second kappa shape index (κ2) is 6.26. The third-order valence-corrected chi connectivity index (χ3v) is 2.96. The van der Waals surface area contributed by atoms with Gasteiger partial charge in [-0.15, -0.1) is 0 Å². The van der Waals surface area contributed by atoms with Crippen LogP contribution in [0.15, 0.2) is 40.8 Å². The Balaban J connectivity index is 1.97. The molecule has 0 aliphatic heterocycles. The Morgan fingerprint density at radius 2 is 1.86 bits per heavy atom. The van der Waals surface area contributed by atoms with E-state index in [4.69, 9.17) is 9.15 Å². The number of aryl methyl sites for hydroxylation is 2. The first-order valence-corrected chi connectivity index (χ1v) is 6.61. The number of para-hydroxylation sites is 1. The molecule has 2 rings (SSSR count). The average Bonchev–Trinajstić information content (AvgIpc) is 2.78. The number of ether oxygens (including phenoxy) is 1. The van der Waals surface area contributed by atoms with Crippen molar-refractivity contribution < 1.29 is 18.7 Å². The van der Waals surface area contributed by atoms with Gasteiger partial charge in [-0.05, 0) is 39.0 Å². The molecule has 1 atom stereocenters. The molecule has 21 heavy (non-hydrogen) atoms. The second-order valence-electron chi connectivity index (χ2n) is 4.73. The Hall–Kier alpha value is -2.56. The summed E-state index contributed by atoms with van der Waals surface area (Å²) in [7, 11) is 0. The molecule has 0 aliphatic rings. The highest BCUT2D eigenvalue weighted by Gasteiger charge is 2.21. The van der Waals surface area contributed by atoms with Gasteiger partial charge in [0.05, 0.1) is 0 Å². The van der Waals surface area contributed by atoms with Crippen molar-refractivity contribution in [3.63, 3.8) is 0 Å². The number of benzene rings is 1. The number of carbonyl (C=O) groups excluding carboxylic acids is 2. The molecule has 0 bridgehead atoms. The Labute approximate surface area is 122 Å². The van der Waals surface area contributed by atoms with Gasteiger partial charge < -0.3 is 14.5 Å². The molecule has 0 spiro atoms. The van der Waals surface area contributed by atoms with Gasteiger partial charge in [-0.2, -0.15) is 0 Å². The maximum Gasteiger partial charge on any atom is 0.342 e. The molecule has 1 amide bonds. The zero-order valence-corrected chi connectivity index (χ0v) is 12.2. The number of furan rings is 1. The third-order valence-electron chi connectivity index (χ3n) is 2.96. The maximum absolute atomic E-state index is 12.0. The number of carbonyl (C=O) groups is 2. The minimum atomic E-state index is -0.896. The van der Waals surface area contributed by atoms with E-state index in [1.807, 2.05) is 18.2 Å². The van der Waals surface area contributed by atoms with E-state index < -0.39 is 12.1 Å². The van der Waals surface area contributed by atoms with Crippen molar-refractivity contribution in [2.24, 2.45) is 0 Å². The molecule has 110 valence electrons. The van der Waals surface area contributed by atoms with Gasteiger partial charge in [0.15, 0.2) is 6.10 Å². The Kier molecular flexibility index (Phi) is 4.42. The van der Waals surface area contributed by atoms with Gasteiger partial charge in [-0.3, -0.25) is 4.79 Å². The molecule has 1 N–H and O–H groups in total. The number of anilines is 1. The van der Waals surface area contributed by atoms with Crippen molar-refractivity contribution in [2.45, 2.75) is 26.9 Å². The Bertz CT molecular complexity index is 646. The zero-order valence-electron chi connectivity index (χ0n) is 12.2. The van der Waals surface area contributed by atoms with Crippen LogP contribution in [-0.4, -0.2) is 18.0 Å². The van der Waals surface area contributed by atoms with Gasteiger partial charge in [-0.1, -0.05) is 18.2 Å². The first kappa shape index (κ1) is 14.8. The van der Waals surface area contributed by atoms with Gasteiger partial charge in [0.2, 0.25) is 0 Å². The number of nitrogens with one attached hydrogen (secondary N) is 1. The summed E-state index contributed by atoms with van der Waals surface area (Å²) in [6, 6.07) is 10.6. The molecule has 5 heteroatoms. The Morgan fingerprint density at radius 3 is 2.43 bits per heavy atom. The smallest absolute Gasteiger partial charge is 0.342 e. The van der Waals surface area contributed by atoms with E-state index in [2.05, 4.69) is 5.32 Å². The molecule has 1 aromatic heterocycles. The first-order valence-electron chi connectivity index (χ1n) is 6.61. The van der Waals surface area contributed by atoms with Crippen LogP contribution in [0.2, 0.25) is 0 Å². The monoisotopic (exact) mass is 287 g/mol. The lowest BCUT2D eigenvalue weighted by molar-refractivity contribution is -0.123. The minimum Gasteiger partial charge on any atom is -0.466 e. The van der Waals surface area contributed by atoms with Gasteiger partial charge in [0.1, 0.15) is 17.1 Å². The summed E-state index contributed by atoms with van der Waals surface area (Å²) >= 11 is 0. The molecular weight excluding hydrogens is 270 g/mol. The fourth-order valence-electron chi connectivity index (χ4n) is 1.88. The zero-order chi connectivity index (χ0) is 15.4. The quantitative estimate of drug-likeness (QED) is 0.877. The van der Waals surface area contributed by atoms with E-state index in [0.717, 1.165) is 0 Å². The number of hydrogen-bond donors (Lipinski definition) is 1. The predicted molar refractivity (Wildman–Crippen MR) is 78.1 cm³/mol. The van der Waals surface area contributed by atoms with Gasteiger partial charge in [-0.25, -0.2) is 4.79 Å². The van der Waals surface area contributed by atoms with Crippen LogP contribution in [0.4, 0.5) is 5.69 Å². The molecule has 5 nitrogen and oxygen atoms in total. The molecule has 1 heterocycles. The molecule has 0 saturated carbocycles. The molecule has 0 fully saturated rings. The van der Waals surface area contributed by atoms with Gasteiger partial charge >= 0.3 is 5.97 Å². The average molecular weight is 287 g/mol. The second-order valence-corrected chi connectivity index (χ2v) is 4.73. The van der Waals surface area contributed by atoms with Crippen molar-refractivity contribution in [1.82, 2.24) is 0 Å². The number of rotatable bonds is 4. The van der Waals surface area contributed by atoms with Crippen LogP contribution in [0, 0.1) is 13.8 Å².